The highest BCUT2D eigenvalue weighted by molar-refractivity contribution is 7.89. The molecular weight excluding hydrogens is 214 g/mol. The molecule has 1 rings (SSSR count). The van der Waals surface area contributed by atoms with Gasteiger partial charge in [0.1, 0.15) is 5.75 Å². The Hall–Kier alpha value is -1.07. The van der Waals surface area contributed by atoms with Gasteiger partial charge in [-0.25, -0.2) is 8.42 Å². The van der Waals surface area contributed by atoms with Crippen molar-refractivity contribution in [2.45, 2.75) is 20.1 Å². The van der Waals surface area contributed by atoms with Gasteiger partial charge in [0, 0.05) is 0 Å². The van der Waals surface area contributed by atoms with Crippen molar-refractivity contribution in [3.63, 3.8) is 0 Å². The van der Waals surface area contributed by atoms with Crippen LogP contribution in [-0.4, -0.2) is 20.4 Å². The van der Waals surface area contributed by atoms with E-state index in [4.69, 9.17) is 4.74 Å². The smallest absolute Gasteiger partial charge is 0.214 e. The summed E-state index contributed by atoms with van der Waals surface area (Å²) in [4.78, 5) is 0. The quantitative estimate of drug-likeness (QED) is 0.775. The Bertz CT molecular complexity index is 388. The molecular formula is C10H15NO3S. The fraction of sp³-hybridized carbons (Fsp3) is 0.400. The van der Waals surface area contributed by atoms with Crippen LogP contribution in [0.15, 0.2) is 30.3 Å². The van der Waals surface area contributed by atoms with E-state index < -0.39 is 16.3 Å². The maximum atomic E-state index is 11.2. The molecule has 0 amide bonds. The summed E-state index contributed by atoms with van der Waals surface area (Å²) in [7, 11) is -3.21. The molecule has 1 atom stereocenters. The van der Waals surface area contributed by atoms with Crippen LogP contribution in [0.5, 0.6) is 5.75 Å². The predicted molar refractivity (Wildman–Crippen MR) is 59.1 cm³/mol. The van der Waals surface area contributed by atoms with Gasteiger partial charge in [-0.1, -0.05) is 18.2 Å². The molecule has 0 aromatic heterocycles. The molecule has 0 saturated carbocycles. The van der Waals surface area contributed by atoms with Gasteiger partial charge in [0.2, 0.25) is 10.0 Å². The van der Waals surface area contributed by atoms with Gasteiger partial charge in [-0.2, -0.15) is 4.72 Å². The fourth-order valence-corrected chi connectivity index (χ4v) is 1.78. The van der Waals surface area contributed by atoms with Crippen molar-refractivity contribution in [3.8, 4) is 5.75 Å². The Labute approximate surface area is 90.3 Å². The summed E-state index contributed by atoms with van der Waals surface area (Å²) in [6, 6.07) is 9.08. The molecule has 5 heteroatoms. The van der Waals surface area contributed by atoms with E-state index >= 15 is 0 Å². The Morgan fingerprint density at radius 2 is 1.93 bits per heavy atom. The predicted octanol–water partition coefficient (Wildman–Crippen LogP) is 1.35. The zero-order valence-corrected chi connectivity index (χ0v) is 9.62. The van der Waals surface area contributed by atoms with Crippen LogP contribution in [0.1, 0.15) is 13.8 Å². The van der Waals surface area contributed by atoms with Crippen LogP contribution in [-0.2, 0) is 10.0 Å². The highest BCUT2D eigenvalue weighted by Gasteiger charge is 2.12. The van der Waals surface area contributed by atoms with Crippen molar-refractivity contribution in [1.29, 1.82) is 0 Å². The molecule has 15 heavy (non-hydrogen) atoms. The second-order valence-corrected chi connectivity index (χ2v) is 5.14. The maximum Gasteiger partial charge on any atom is 0.214 e. The topological polar surface area (TPSA) is 55.4 Å². The fourth-order valence-electron chi connectivity index (χ4n) is 1.06. The minimum Gasteiger partial charge on any atom is -0.475 e. The van der Waals surface area contributed by atoms with Gasteiger partial charge in [0.05, 0.1) is 5.75 Å². The molecule has 1 aromatic rings. The first-order valence-electron chi connectivity index (χ1n) is 4.75. The second-order valence-electron chi connectivity index (χ2n) is 3.09. The summed E-state index contributed by atoms with van der Waals surface area (Å²) in [5, 5.41) is 0. The molecule has 0 fully saturated rings. The first-order chi connectivity index (χ1) is 7.03. The molecule has 1 N–H and O–H groups in total. The number of hydrogen-bond acceptors (Lipinski definition) is 3. The zero-order chi connectivity index (χ0) is 11.3. The molecule has 0 aliphatic heterocycles. The number of rotatable bonds is 5. The van der Waals surface area contributed by atoms with Crippen LogP contribution in [0.3, 0.4) is 0 Å². The van der Waals surface area contributed by atoms with E-state index in [-0.39, 0.29) is 5.75 Å². The lowest BCUT2D eigenvalue weighted by Gasteiger charge is -2.15. The number of nitrogens with one attached hydrogen (secondary N) is 1. The number of ether oxygens (including phenoxy) is 1. The van der Waals surface area contributed by atoms with Crippen LogP contribution >= 0.6 is 0 Å². The van der Waals surface area contributed by atoms with Crippen molar-refractivity contribution in [2.24, 2.45) is 0 Å². The first-order valence-corrected chi connectivity index (χ1v) is 6.40. The average Bonchev–Trinajstić information content (AvgIpc) is 2.18. The zero-order valence-electron chi connectivity index (χ0n) is 8.80. The van der Waals surface area contributed by atoms with Crippen LogP contribution in [0, 0.1) is 0 Å². The monoisotopic (exact) mass is 229 g/mol. The summed E-state index contributed by atoms with van der Waals surface area (Å²) in [5.74, 6) is 0.693. The normalized spacial score (nSPS) is 13.5. The van der Waals surface area contributed by atoms with E-state index in [0.717, 1.165) is 0 Å². The Morgan fingerprint density at radius 3 is 2.47 bits per heavy atom. The Balaban J connectivity index is 2.54. The van der Waals surface area contributed by atoms with E-state index in [0.29, 0.717) is 5.75 Å². The van der Waals surface area contributed by atoms with Gasteiger partial charge in [0.15, 0.2) is 6.23 Å². The highest BCUT2D eigenvalue weighted by atomic mass is 32.2. The van der Waals surface area contributed by atoms with Crippen LogP contribution < -0.4 is 9.46 Å². The first kappa shape index (κ1) is 12.0. The number of para-hydroxylation sites is 1. The lowest BCUT2D eigenvalue weighted by molar-refractivity contribution is 0.210. The third-order valence-corrected chi connectivity index (χ3v) is 3.23. The standard InChI is InChI=1S/C10H15NO3S/c1-3-15(12,13)11-9(2)14-10-7-5-4-6-8-10/h4-9,11H,3H2,1-2H3. The largest absolute Gasteiger partial charge is 0.475 e. The van der Waals surface area contributed by atoms with Gasteiger partial charge in [-0.05, 0) is 26.0 Å². The lowest BCUT2D eigenvalue weighted by Crippen LogP contribution is -2.37. The third-order valence-electron chi connectivity index (χ3n) is 1.78. The average molecular weight is 229 g/mol. The molecule has 1 aromatic carbocycles. The van der Waals surface area contributed by atoms with E-state index in [2.05, 4.69) is 4.72 Å². The minimum atomic E-state index is -3.21. The number of hydrogen-bond donors (Lipinski definition) is 1. The second kappa shape index (κ2) is 5.14. The van der Waals surface area contributed by atoms with E-state index in [1.54, 1.807) is 26.0 Å². The van der Waals surface area contributed by atoms with Gasteiger partial charge < -0.3 is 4.74 Å². The van der Waals surface area contributed by atoms with Crippen LogP contribution in [0.25, 0.3) is 0 Å². The van der Waals surface area contributed by atoms with Gasteiger partial charge >= 0.3 is 0 Å². The van der Waals surface area contributed by atoms with Gasteiger partial charge in [-0.3, -0.25) is 0 Å². The van der Waals surface area contributed by atoms with Crippen molar-refractivity contribution in [1.82, 2.24) is 4.72 Å². The van der Waals surface area contributed by atoms with Crippen LogP contribution in [0.2, 0.25) is 0 Å². The van der Waals surface area contributed by atoms with Gasteiger partial charge in [0.25, 0.3) is 0 Å². The summed E-state index contributed by atoms with van der Waals surface area (Å²) >= 11 is 0. The van der Waals surface area contributed by atoms with E-state index in [9.17, 15) is 8.42 Å². The molecule has 0 aliphatic carbocycles. The Morgan fingerprint density at radius 1 is 1.33 bits per heavy atom. The summed E-state index contributed by atoms with van der Waals surface area (Å²) in [6.45, 7) is 3.23. The Kier molecular flexibility index (Phi) is 4.11. The molecule has 0 bridgehead atoms. The van der Waals surface area contributed by atoms with Gasteiger partial charge in [-0.15, -0.1) is 0 Å². The summed E-state index contributed by atoms with van der Waals surface area (Å²) < 4.78 is 30.2. The van der Waals surface area contributed by atoms with E-state index in [1.165, 1.54) is 0 Å². The minimum absolute atomic E-state index is 0.0511. The molecule has 84 valence electrons. The lowest BCUT2D eigenvalue weighted by atomic mass is 10.3. The molecule has 0 spiro atoms. The third kappa shape index (κ3) is 4.31. The SMILES string of the molecule is CCS(=O)(=O)NC(C)Oc1ccccc1. The molecule has 0 saturated heterocycles. The molecule has 1 unspecified atom stereocenters. The highest BCUT2D eigenvalue weighted by Crippen LogP contribution is 2.09. The summed E-state index contributed by atoms with van der Waals surface area (Å²) in [5.41, 5.74) is 0. The van der Waals surface area contributed by atoms with Crippen LogP contribution in [0.4, 0.5) is 0 Å². The molecule has 4 nitrogen and oxygen atoms in total. The maximum absolute atomic E-state index is 11.2. The number of sulfonamides is 1. The summed E-state index contributed by atoms with van der Waals surface area (Å²) in [6.07, 6.45) is -0.558. The number of benzene rings is 1. The molecule has 0 radical (unpaired) electrons. The molecule has 0 heterocycles. The van der Waals surface area contributed by atoms with Crippen molar-refractivity contribution < 1.29 is 13.2 Å². The van der Waals surface area contributed by atoms with Crippen molar-refractivity contribution in [2.75, 3.05) is 5.75 Å². The van der Waals surface area contributed by atoms with Crippen molar-refractivity contribution in [3.05, 3.63) is 30.3 Å². The molecule has 0 aliphatic rings. The van der Waals surface area contributed by atoms with E-state index in [1.807, 2.05) is 18.2 Å². The van der Waals surface area contributed by atoms with Crippen molar-refractivity contribution >= 4 is 10.0 Å².